The minimum absolute atomic E-state index is 0.244. The molecule has 156 valence electrons. The maximum absolute atomic E-state index is 12.8. The van der Waals surface area contributed by atoms with Crippen LogP contribution in [0.2, 0.25) is 10.0 Å². The topological polar surface area (TPSA) is 32.3 Å². The first-order chi connectivity index (χ1) is 14.1. The van der Waals surface area contributed by atoms with Gasteiger partial charge in [0, 0.05) is 18.7 Å². The van der Waals surface area contributed by atoms with E-state index in [9.17, 15) is 18.0 Å². The third-order valence-corrected chi connectivity index (χ3v) is 6.07. The van der Waals surface area contributed by atoms with Crippen LogP contribution in [0.3, 0.4) is 0 Å². The highest BCUT2D eigenvalue weighted by atomic mass is 35.5. The van der Waals surface area contributed by atoms with Crippen molar-refractivity contribution in [3.63, 3.8) is 0 Å². The smallest absolute Gasteiger partial charge is 0.320 e. The Morgan fingerprint density at radius 3 is 2.47 bits per heavy atom. The Balaban J connectivity index is 1.83. The number of halogens is 5. The number of anilines is 1. The quantitative estimate of drug-likeness (QED) is 0.548. The Kier molecular flexibility index (Phi) is 5.43. The van der Waals surface area contributed by atoms with Crippen LogP contribution in [-0.4, -0.2) is 30.9 Å². The lowest BCUT2D eigenvalue weighted by Gasteiger charge is -2.23. The van der Waals surface area contributed by atoms with Crippen molar-refractivity contribution in [3.8, 4) is 0 Å². The van der Waals surface area contributed by atoms with E-state index in [2.05, 4.69) is 16.3 Å². The fraction of sp³-hybridized carbons (Fsp3) is 0.227. The van der Waals surface area contributed by atoms with Crippen LogP contribution in [0, 0.1) is 0 Å². The van der Waals surface area contributed by atoms with Crippen LogP contribution in [-0.2, 0) is 11.0 Å². The van der Waals surface area contributed by atoms with Gasteiger partial charge in [-0.05, 0) is 54.4 Å². The van der Waals surface area contributed by atoms with Crippen LogP contribution in [0.4, 0.5) is 18.9 Å². The lowest BCUT2D eigenvalue weighted by molar-refractivity contribution is -0.137. The standard InChI is InChI=1S/C22H17Cl2F3N2O/c1-29-8-6-13(7-9-29)15-11-17(23)19(24)20-18(15)16(21(30)28-20)10-12-2-4-14(5-3-12)22(25,26)27/h2-6,10-11H,7-9H2,1H3,(H,28,30)/b16-10-. The van der Waals surface area contributed by atoms with E-state index in [1.54, 1.807) is 12.1 Å². The average molecular weight is 453 g/mol. The van der Waals surface area contributed by atoms with Gasteiger partial charge in [0.05, 0.1) is 26.9 Å². The summed E-state index contributed by atoms with van der Waals surface area (Å²) in [5, 5.41) is 3.34. The van der Waals surface area contributed by atoms with Crippen molar-refractivity contribution in [2.24, 2.45) is 0 Å². The highest BCUT2D eigenvalue weighted by molar-refractivity contribution is 6.47. The van der Waals surface area contributed by atoms with Crippen LogP contribution < -0.4 is 5.32 Å². The molecule has 1 N–H and O–H groups in total. The molecule has 0 atom stereocenters. The zero-order chi connectivity index (χ0) is 21.6. The molecular weight excluding hydrogens is 436 g/mol. The molecule has 0 aromatic heterocycles. The van der Waals surface area contributed by atoms with Crippen LogP contribution in [0.5, 0.6) is 0 Å². The molecule has 0 radical (unpaired) electrons. The molecule has 30 heavy (non-hydrogen) atoms. The second-order valence-corrected chi connectivity index (χ2v) is 8.13. The summed E-state index contributed by atoms with van der Waals surface area (Å²) in [7, 11) is 2.02. The van der Waals surface area contributed by atoms with E-state index in [4.69, 9.17) is 23.2 Å². The van der Waals surface area contributed by atoms with Crippen LogP contribution in [0.15, 0.2) is 36.4 Å². The first-order valence-electron chi connectivity index (χ1n) is 9.26. The summed E-state index contributed by atoms with van der Waals surface area (Å²) < 4.78 is 38.5. The van der Waals surface area contributed by atoms with Gasteiger partial charge in [-0.3, -0.25) is 4.79 Å². The van der Waals surface area contributed by atoms with Crippen molar-refractivity contribution in [2.45, 2.75) is 12.6 Å². The van der Waals surface area contributed by atoms with Crippen molar-refractivity contribution < 1.29 is 18.0 Å². The number of hydrogen-bond donors (Lipinski definition) is 1. The SMILES string of the molecule is CN1CC=C(c2cc(Cl)c(Cl)c3c2/C(=C/c2ccc(C(F)(F)F)cc2)C(=O)N3)CC1. The maximum Gasteiger partial charge on any atom is 0.416 e. The number of fused-ring (bicyclic) bond motifs is 1. The summed E-state index contributed by atoms with van der Waals surface area (Å²) in [4.78, 5) is 14.9. The van der Waals surface area contributed by atoms with Gasteiger partial charge in [0.25, 0.3) is 5.91 Å². The van der Waals surface area contributed by atoms with E-state index >= 15 is 0 Å². The maximum atomic E-state index is 12.8. The number of carbonyl (C=O) groups is 1. The Morgan fingerprint density at radius 1 is 1.17 bits per heavy atom. The molecule has 2 aromatic carbocycles. The second kappa shape index (κ2) is 7.76. The summed E-state index contributed by atoms with van der Waals surface area (Å²) in [6.07, 6.45) is 0.0240. The van der Waals surface area contributed by atoms with Gasteiger partial charge in [-0.15, -0.1) is 0 Å². The van der Waals surface area contributed by atoms with Crippen molar-refractivity contribution >= 4 is 52.0 Å². The zero-order valence-electron chi connectivity index (χ0n) is 15.9. The third kappa shape index (κ3) is 3.87. The van der Waals surface area contributed by atoms with Gasteiger partial charge >= 0.3 is 6.18 Å². The molecule has 1 amide bonds. The second-order valence-electron chi connectivity index (χ2n) is 7.34. The van der Waals surface area contributed by atoms with Crippen molar-refractivity contribution in [3.05, 3.63) is 68.7 Å². The van der Waals surface area contributed by atoms with E-state index in [0.717, 1.165) is 42.8 Å². The highest BCUT2D eigenvalue weighted by Gasteiger charge is 2.32. The molecule has 4 rings (SSSR count). The summed E-state index contributed by atoms with van der Waals surface area (Å²) in [6, 6.07) is 6.42. The molecule has 8 heteroatoms. The molecule has 2 heterocycles. The van der Waals surface area contributed by atoms with E-state index in [0.29, 0.717) is 27.4 Å². The van der Waals surface area contributed by atoms with E-state index in [1.807, 2.05) is 7.05 Å². The largest absolute Gasteiger partial charge is 0.416 e. The van der Waals surface area contributed by atoms with Gasteiger partial charge in [-0.1, -0.05) is 41.4 Å². The fourth-order valence-corrected chi connectivity index (χ4v) is 4.06. The molecule has 2 aromatic rings. The van der Waals surface area contributed by atoms with Crippen molar-refractivity contribution in [2.75, 3.05) is 25.5 Å². The average Bonchev–Trinajstić information content (AvgIpc) is 3.02. The van der Waals surface area contributed by atoms with Crippen LogP contribution >= 0.6 is 23.2 Å². The zero-order valence-corrected chi connectivity index (χ0v) is 17.4. The number of carbonyl (C=O) groups excluding carboxylic acids is 1. The summed E-state index contributed by atoms with van der Waals surface area (Å²) in [6.45, 7) is 1.63. The number of likely N-dealkylation sites (N-methyl/N-ethyl adjacent to an activating group) is 1. The molecule has 0 spiro atoms. The van der Waals surface area contributed by atoms with Crippen LogP contribution in [0.25, 0.3) is 17.2 Å². The summed E-state index contributed by atoms with van der Waals surface area (Å²) in [5.41, 5.74) is 3.01. The number of rotatable bonds is 2. The molecule has 2 aliphatic rings. The molecule has 0 bridgehead atoms. The Morgan fingerprint density at radius 2 is 1.87 bits per heavy atom. The number of benzene rings is 2. The Bertz CT molecular complexity index is 1090. The monoisotopic (exact) mass is 452 g/mol. The van der Waals surface area contributed by atoms with Crippen LogP contribution in [0.1, 0.15) is 28.7 Å². The number of nitrogens with one attached hydrogen (secondary N) is 1. The van der Waals surface area contributed by atoms with E-state index < -0.39 is 11.7 Å². The van der Waals surface area contributed by atoms with E-state index in [1.165, 1.54) is 12.1 Å². The summed E-state index contributed by atoms with van der Waals surface area (Å²) >= 11 is 12.7. The number of amides is 1. The predicted octanol–water partition coefficient (Wildman–Crippen LogP) is 6.22. The lowest BCUT2D eigenvalue weighted by Crippen LogP contribution is -2.23. The number of alkyl halides is 3. The first-order valence-corrected chi connectivity index (χ1v) is 10.0. The van der Waals surface area contributed by atoms with Gasteiger partial charge in [-0.25, -0.2) is 0 Å². The van der Waals surface area contributed by atoms with Gasteiger partial charge in [0.1, 0.15) is 0 Å². The van der Waals surface area contributed by atoms with Gasteiger partial charge in [0.15, 0.2) is 0 Å². The normalized spacial score (nSPS) is 18.4. The lowest BCUT2D eigenvalue weighted by atomic mass is 9.90. The molecule has 0 unspecified atom stereocenters. The number of hydrogen-bond acceptors (Lipinski definition) is 2. The summed E-state index contributed by atoms with van der Waals surface area (Å²) in [5.74, 6) is -0.371. The van der Waals surface area contributed by atoms with Crippen molar-refractivity contribution in [1.29, 1.82) is 0 Å². The third-order valence-electron chi connectivity index (χ3n) is 5.28. The van der Waals surface area contributed by atoms with Gasteiger partial charge in [0.2, 0.25) is 0 Å². The van der Waals surface area contributed by atoms with E-state index in [-0.39, 0.29) is 10.9 Å². The Hall–Kier alpha value is -2.28. The van der Waals surface area contributed by atoms with Gasteiger partial charge < -0.3 is 10.2 Å². The molecule has 2 aliphatic heterocycles. The number of nitrogens with zero attached hydrogens (tertiary/aromatic N) is 1. The molecule has 0 saturated carbocycles. The minimum Gasteiger partial charge on any atom is -0.320 e. The fourth-order valence-electron chi connectivity index (χ4n) is 3.66. The predicted molar refractivity (Wildman–Crippen MR) is 114 cm³/mol. The molecule has 0 aliphatic carbocycles. The Labute approximate surface area is 181 Å². The van der Waals surface area contributed by atoms with Gasteiger partial charge in [-0.2, -0.15) is 13.2 Å². The molecule has 0 saturated heterocycles. The minimum atomic E-state index is -4.42. The molecule has 3 nitrogen and oxygen atoms in total. The highest BCUT2D eigenvalue weighted by Crippen LogP contribution is 2.46. The molecular formula is C22H17Cl2F3N2O. The molecule has 0 fully saturated rings. The van der Waals surface area contributed by atoms with Crippen molar-refractivity contribution in [1.82, 2.24) is 4.90 Å². The first kappa shape index (κ1) is 21.0.